The molecule has 1 amide bonds. The van der Waals surface area contributed by atoms with Crippen LogP contribution in [0.4, 0.5) is 5.69 Å². The van der Waals surface area contributed by atoms with Crippen molar-refractivity contribution in [1.29, 1.82) is 0 Å². The van der Waals surface area contributed by atoms with Crippen LogP contribution in [0, 0.1) is 6.92 Å². The minimum Gasteiger partial charge on any atom is -0.478 e. The van der Waals surface area contributed by atoms with E-state index in [1.54, 1.807) is 6.92 Å². The van der Waals surface area contributed by atoms with E-state index >= 15 is 0 Å². The Morgan fingerprint density at radius 2 is 1.70 bits per heavy atom. The van der Waals surface area contributed by atoms with Crippen molar-refractivity contribution in [3.8, 4) is 0 Å². The van der Waals surface area contributed by atoms with Crippen LogP contribution in [0.1, 0.15) is 32.7 Å². The molecule has 1 aliphatic rings. The zero-order valence-corrected chi connectivity index (χ0v) is 17.6. The summed E-state index contributed by atoms with van der Waals surface area (Å²) in [5, 5.41) is 11.7. The summed E-state index contributed by atoms with van der Waals surface area (Å²) in [6.45, 7) is 1.55. The van der Waals surface area contributed by atoms with Crippen molar-refractivity contribution in [2.75, 3.05) is 16.2 Å². The number of carbonyl (C=O) groups excluding carboxylic acids is 1. The second-order valence-electron chi connectivity index (χ2n) is 7.04. The number of sulfone groups is 1. The van der Waals surface area contributed by atoms with Crippen LogP contribution in [0.3, 0.4) is 0 Å². The Morgan fingerprint density at radius 3 is 2.27 bits per heavy atom. The molecular weight excluding hydrogens is 432 g/mol. The summed E-state index contributed by atoms with van der Waals surface area (Å²) in [5.74, 6) is -1.74. The first-order valence-corrected chi connectivity index (χ1v) is 12.3. The Bertz CT molecular complexity index is 1200. The largest absolute Gasteiger partial charge is 0.478 e. The molecule has 0 spiro atoms. The number of hydrogen-bond acceptors (Lipinski definition) is 6. The number of anilines is 1. The van der Waals surface area contributed by atoms with Gasteiger partial charge in [-0.2, -0.15) is 0 Å². The van der Waals surface area contributed by atoms with Crippen LogP contribution in [0.15, 0.2) is 47.4 Å². The van der Waals surface area contributed by atoms with Crippen LogP contribution in [0.5, 0.6) is 0 Å². The molecular formula is C19H20N2O7S2. The Morgan fingerprint density at radius 1 is 1.07 bits per heavy atom. The highest BCUT2D eigenvalue weighted by molar-refractivity contribution is 7.92. The van der Waals surface area contributed by atoms with Gasteiger partial charge in [-0.1, -0.05) is 6.07 Å². The van der Waals surface area contributed by atoms with E-state index in [1.807, 2.05) is 0 Å². The van der Waals surface area contributed by atoms with Crippen LogP contribution in [-0.4, -0.2) is 51.4 Å². The molecule has 1 atom stereocenters. The van der Waals surface area contributed by atoms with Crippen molar-refractivity contribution < 1.29 is 31.5 Å². The number of carboxylic acid groups (broad SMARTS) is 1. The number of carbonyl (C=O) groups is 2. The van der Waals surface area contributed by atoms with E-state index in [4.69, 9.17) is 5.11 Å². The first kappa shape index (κ1) is 21.8. The molecule has 9 nitrogen and oxygen atoms in total. The lowest BCUT2D eigenvalue weighted by Crippen LogP contribution is -2.35. The maximum Gasteiger partial charge on any atom is 0.335 e. The summed E-state index contributed by atoms with van der Waals surface area (Å²) < 4.78 is 50.7. The zero-order chi connectivity index (χ0) is 22.1. The monoisotopic (exact) mass is 452 g/mol. The number of aryl methyl sites for hydroxylation is 1. The molecule has 160 valence electrons. The number of nitrogens with one attached hydrogen (secondary N) is 2. The molecule has 11 heteroatoms. The minimum absolute atomic E-state index is 0.0428. The fourth-order valence-electron chi connectivity index (χ4n) is 3.10. The van der Waals surface area contributed by atoms with E-state index < -0.39 is 37.8 Å². The van der Waals surface area contributed by atoms with Crippen molar-refractivity contribution in [3.63, 3.8) is 0 Å². The summed E-state index contributed by atoms with van der Waals surface area (Å²) in [6.07, 6.45) is 0.362. The highest BCUT2D eigenvalue weighted by atomic mass is 32.2. The average molecular weight is 453 g/mol. The van der Waals surface area contributed by atoms with Gasteiger partial charge in [-0.05, 0) is 55.3 Å². The first-order valence-electron chi connectivity index (χ1n) is 8.95. The van der Waals surface area contributed by atoms with Crippen molar-refractivity contribution in [2.45, 2.75) is 24.3 Å². The van der Waals surface area contributed by atoms with Gasteiger partial charge in [-0.25, -0.2) is 21.6 Å². The fraction of sp³-hybridized carbons (Fsp3) is 0.263. The van der Waals surface area contributed by atoms with Crippen molar-refractivity contribution in [2.24, 2.45) is 0 Å². The van der Waals surface area contributed by atoms with E-state index in [1.165, 1.54) is 36.4 Å². The van der Waals surface area contributed by atoms with Gasteiger partial charge in [-0.15, -0.1) is 0 Å². The molecule has 1 saturated heterocycles. The molecule has 0 unspecified atom stereocenters. The minimum atomic E-state index is -4.05. The lowest BCUT2D eigenvalue weighted by Gasteiger charge is -2.13. The smallest absolute Gasteiger partial charge is 0.335 e. The van der Waals surface area contributed by atoms with Crippen molar-refractivity contribution in [1.82, 2.24) is 5.32 Å². The Balaban J connectivity index is 1.73. The number of rotatable bonds is 6. The third-order valence-electron chi connectivity index (χ3n) is 4.69. The predicted octanol–water partition coefficient (Wildman–Crippen LogP) is 1.41. The predicted molar refractivity (Wildman–Crippen MR) is 110 cm³/mol. The molecule has 3 N–H and O–H groups in total. The van der Waals surface area contributed by atoms with Crippen molar-refractivity contribution in [3.05, 3.63) is 59.2 Å². The summed E-state index contributed by atoms with van der Waals surface area (Å²) in [6, 6.07) is 8.99. The Hall–Kier alpha value is -2.92. The molecule has 0 aliphatic carbocycles. The lowest BCUT2D eigenvalue weighted by molar-refractivity contribution is 0.0696. The maximum absolute atomic E-state index is 12.7. The van der Waals surface area contributed by atoms with Crippen LogP contribution < -0.4 is 10.0 Å². The Labute approximate surface area is 174 Å². The van der Waals surface area contributed by atoms with Gasteiger partial charge in [0, 0.05) is 17.3 Å². The van der Waals surface area contributed by atoms with Crippen LogP contribution in [0.2, 0.25) is 0 Å². The molecule has 0 saturated carbocycles. The highest BCUT2D eigenvalue weighted by Crippen LogP contribution is 2.21. The number of carboxylic acids is 1. The lowest BCUT2D eigenvalue weighted by atomic mass is 10.1. The van der Waals surface area contributed by atoms with E-state index in [0.717, 1.165) is 6.07 Å². The third-order valence-corrected chi connectivity index (χ3v) is 7.98. The van der Waals surface area contributed by atoms with Crippen LogP contribution in [0.25, 0.3) is 0 Å². The van der Waals surface area contributed by atoms with Gasteiger partial charge in [0.1, 0.15) is 0 Å². The molecule has 1 fully saturated rings. The maximum atomic E-state index is 12.7. The topological polar surface area (TPSA) is 147 Å². The van der Waals surface area contributed by atoms with Gasteiger partial charge in [0.25, 0.3) is 15.9 Å². The third kappa shape index (κ3) is 4.97. The quantitative estimate of drug-likeness (QED) is 0.600. The van der Waals surface area contributed by atoms with Gasteiger partial charge in [-0.3, -0.25) is 9.52 Å². The van der Waals surface area contributed by atoms with Crippen LogP contribution >= 0.6 is 0 Å². The van der Waals surface area contributed by atoms with Gasteiger partial charge >= 0.3 is 5.97 Å². The number of hydrogen-bond donors (Lipinski definition) is 3. The molecule has 2 aromatic carbocycles. The number of sulfonamides is 1. The van der Waals surface area contributed by atoms with Gasteiger partial charge in [0.2, 0.25) is 0 Å². The van der Waals surface area contributed by atoms with Gasteiger partial charge < -0.3 is 10.4 Å². The van der Waals surface area contributed by atoms with Crippen molar-refractivity contribution >= 4 is 37.4 Å². The molecule has 1 heterocycles. The molecule has 0 aromatic heterocycles. The Kier molecular flexibility index (Phi) is 5.86. The summed E-state index contributed by atoms with van der Waals surface area (Å²) in [5.41, 5.74) is 0.679. The molecule has 0 bridgehead atoms. The normalized spacial score (nSPS) is 18.0. The standard InChI is InChI=1S/C19H20N2O7S2/c1-12-2-3-14(19(23)24)10-17(12)30(27,28)21-15-6-4-13(5-7-15)18(22)20-16-8-9-29(25,26)11-16/h2-7,10,16,21H,8-9,11H2,1H3,(H,20,22)(H,23,24)/t16-/m1/s1. The average Bonchev–Trinajstić information content (AvgIpc) is 3.00. The molecule has 2 aromatic rings. The number of benzene rings is 2. The zero-order valence-electron chi connectivity index (χ0n) is 16.0. The molecule has 30 heavy (non-hydrogen) atoms. The highest BCUT2D eigenvalue weighted by Gasteiger charge is 2.29. The van der Waals surface area contributed by atoms with Gasteiger partial charge in [0.05, 0.1) is 22.0 Å². The van der Waals surface area contributed by atoms with Gasteiger partial charge in [0.15, 0.2) is 9.84 Å². The van der Waals surface area contributed by atoms with E-state index in [2.05, 4.69) is 10.0 Å². The van der Waals surface area contributed by atoms with E-state index in [0.29, 0.717) is 12.0 Å². The second-order valence-corrected chi connectivity index (χ2v) is 10.9. The molecule has 0 radical (unpaired) electrons. The number of amides is 1. The summed E-state index contributed by atoms with van der Waals surface area (Å²) in [7, 11) is -7.16. The summed E-state index contributed by atoms with van der Waals surface area (Å²) >= 11 is 0. The van der Waals surface area contributed by atoms with E-state index in [9.17, 15) is 26.4 Å². The summed E-state index contributed by atoms with van der Waals surface area (Å²) in [4.78, 5) is 23.2. The SMILES string of the molecule is Cc1ccc(C(=O)O)cc1S(=O)(=O)Nc1ccc(C(=O)N[C@@H]2CCS(=O)(=O)C2)cc1. The number of aromatic carboxylic acids is 1. The second kappa shape index (κ2) is 8.07. The fourth-order valence-corrected chi connectivity index (χ4v) is 6.10. The van der Waals surface area contributed by atoms with E-state index in [-0.39, 0.29) is 33.2 Å². The first-order chi connectivity index (χ1) is 14.0. The van der Waals surface area contributed by atoms with Crippen LogP contribution in [-0.2, 0) is 19.9 Å². The molecule has 1 aliphatic heterocycles. The molecule has 3 rings (SSSR count).